The number of rotatable bonds is 3. The first-order valence-corrected chi connectivity index (χ1v) is 9.24. The molecule has 3 rings (SSSR count). The van der Waals surface area contributed by atoms with E-state index in [1.807, 2.05) is 32.0 Å². The Bertz CT molecular complexity index is 918. The number of carbonyl (C=O) groups excluding carboxylic acids is 3. The Labute approximate surface area is 164 Å². The maximum atomic E-state index is 12.8. The van der Waals surface area contributed by atoms with Crippen LogP contribution in [0, 0.1) is 13.8 Å². The maximum absolute atomic E-state index is 12.8. The molecule has 2 aromatic rings. The lowest BCUT2D eigenvalue weighted by molar-refractivity contribution is -0.130. The normalized spacial score (nSPS) is 14.0. The number of nitrogens with one attached hydrogen (secondary N) is 1. The zero-order valence-electron chi connectivity index (χ0n) is 16.4. The lowest BCUT2D eigenvalue weighted by atomic mass is 10.1. The van der Waals surface area contributed by atoms with Gasteiger partial charge in [0.25, 0.3) is 11.8 Å². The third kappa shape index (κ3) is 4.36. The van der Waals surface area contributed by atoms with Gasteiger partial charge in [0, 0.05) is 50.6 Å². The minimum atomic E-state index is -0.362. The first-order valence-electron chi connectivity index (χ1n) is 9.24. The zero-order chi connectivity index (χ0) is 20.3. The summed E-state index contributed by atoms with van der Waals surface area (Å²) < 4.78 is 0. The van der Waals surface area contributed by atoms with Crippen LogP contribution in [-0.4, -0.2) is 58.7 Å². The molecule has 1 aliphatic heterocycles. The summed E-state index contributed by atoms with van der Waals surface area (Å²) in [4.78, 5) is 44.2. The third-order valence-corrected chi connectivity index (χ3v) is 5.02. The van der Waals surface area contributed by atoms with Crippen molar-refractivity contribution >= 4 is 23.4 Å². The molecule has 0 atom stereocenters. The van der Waals surface area contributed by atoms with Gasteiger partial charge in [-0.25, -0.2) is 0 Å². The van der Waals surface area contributed by atoms with E-state index in [1.165, 1.54) is 19.2 Å². The molecule has 3 amide bonds. The molecule has 0 spiro atoms. The van der Waals surface area contributed by atoms with Gasteiger partial charge in [-0.15, -0.1) is 0 Å². The molecule has 0 aliphatic carbocycles. The highest BCUT2D eigenvalue weighted by atomic mass is 16.2. The van der Waals surface area contributed by atoms with Gasteiger partial charge in [0.15, 0.2) is 0 Å². The Kier molecular flexibility index (Phi) is 5.73. The predicted molar refractivity (Wildman–Crippen MR) is 106 cm³/mol. The number of anilines is 1. The molecule has 0 radical (unpaired) electrons. The Balaban J connectivity index is 1.69. The zero-order valence-corrected chi connectivity index (χ0v) is 16.4. The first-order chi connectivity index (χ1) is 13.3. The number of nitrogens with zero attached hydrogens (tertiary/aromatic N) is 3. The molecule has 1 fully saturated rings. The van der Waals surface area contributed by atoms with Gasteiger partial charge < -0.3 is 15.1 Å². The molecule has 146 valence electrons. The number of carbonyl (C=O) groups is 3. The average Bonchev–Trinajstić information content (AvgIpc) is 2.70. The number of amides is 3. The van der Waals surface area contributed by atoms with Gasteiger partial charge in [-0.3, -0.25) is 19.4 Å². The monoisotopic (exact) mass is 380 g/mol. The fourth-order valence-electron chi connectivity index (χ4n) is 3.11. The van der Waals surface area contributed by atoms with Crippen molar-refractivity contribution in [1.82, 2.24) is 14.8 Å². The van der Waals surface area contributed by atoms with Crippen LogP contribution < -0.4 is 5.32 Å². The van der Waals surface area contributed by atoms with Crippen LogP contribution in [0.15, 0.2) is 36.5 Å². The van der Waals surface area contributed by atoms with Crippen LogP contribution in [0.5, 0.6) is 0 Å². The van der Waals surface area contributed by atoms with Gasteiger partial charge >= 0.3 is 0 Å². The van der Waals surface area contributed by atoms with Gasteiger partial charge in [0.1, 0.15) is 5.69 Å². The van der Waals surface area contributed by atoms with E-state index in [9.17, 15) is 14.4 Å². The summed E-state index contributed by atoms with van der Waals surface area (Å²) in [7, 11) is 0. The van der Waals surface area contributed by atoms with E-state index in [4.69, 9.17) is 0 Å². The Hall–Kier alpha value is -3.22. The SMILES string of the molecule is CC(=O)N1CCN(C(=O)c2ccnc(C(=O)Nc3ccc(C)c(C)c3)c2)CC1. The third-order valence-electron chi connectivity index (χ3n) is 5.02. The van der Waals surface area contributed by atoms with E-state index in [1.54, 1.807) is 15.9 Å². The van der Waals surface area contributed by atoms with Crippen LogP contribution in [0.3, 0.4) is 0 Å². The van der Waals surface area contributed by atoms with Gasteiger partial charge in [-0.1, -0.05) is 6.07 Å². The molecule has 1 N–H and O–H groups in total. The van der Waals surface area contributed by atoms with Crippen LogP contribution in [0.1, 0.15) is 38.9 Å². The summed E-state index contributed by atoms with van der Waals surface area (Å²) in [6.07, 6.45) is 1.47. The van der Waals surface area contributed by atoms with Crippen molar-refractivity contribution in [2.24, 2.45) is 0 Å². The van der Waals surface area contributed by atoms with Gasteiger partial charge in [-0.2, -0.15) is 0 Å². The molecule has 0 unspecified atom stereocenters. The fourth-order valence-corrected chi connectivity index (χ4v) is 3.11. The number of pyridine rings is 1. The Morgan fingerprint density at radius 2 is 1.61 bits per heavy atom. The van der Waals surface area contributed by atoms with Crippen LogP contribution >= 0.6 is 0 Å². The largest absolute Gasteiger partial charge is 0.339 e. The van der Waals surface area contributed by atoms with Gasteiger partial charge in [0.2, 0.25) is 5.91 Å². The van der Waals surface area contributed by atoms with Crippen molar-refractivity contribution in [3.8, 4) is 0 Å². The highest BCUT2D eigenvalue weighted by molar-refractivity contribution is 6.04. The van der Waals surface area contributed by atoms with Crippen molar-refractivity contribution in [3.63, 3.8) is 0 Å². The molecule has 7 heteroatoms. The number of aryl methyl sites for hydroxylation is 2. The molecule has 7 nitrogen and oxygen atoms in total. The smallest absolute Gasteiger partial charge is 0.274 e. The minimum absolute atomic E-state index is 0.0151. The molecular weight excluding hydrogens is 356 g/mol. The topological polar surface area (TPSA) is 82.6 Å². The molecule has 1 aromatic heterocycles. The summed E-state index contributed by atoms with van der Waals surface area (Å²) in [6, 6.07) is 8.79. The molecule has 1 saturated heterocycles. The second kappa shape index (κ2) is 8.21. The first kappa shape index (κ1) is 19.5. The van der Waals surface area contributed by atoms with E-state index in [0.717, 1.165) is 11.1 Å². The highest BCUT2D eigenvalue weighted by Crippen LogP contribution is 2.16. The minimum Gasteiger partial charge on any atom is -0.339 e. The van der Waals surface area contributed by atoms with E-state index >= 15 is 0 Å². The maximum Gasteiger partial charge on any atom is 0.274 e. The highest BCUT2D eigenvalue weighted by Gasteiger charge is 2.24. The second-order valence-corrected chi connectivity index (χ2v) is 6.98. The summed E-state index contributed by atoms with van der Waals surface area (Å²) in [5.74, 6) is -0.508. The Morgan fingerprint density at radius 1 is 0.929 bits per heavy atom. The van der Waals surface area contributed by atoms with E-state index in [2.05, 4.69) is 10.3 Å². The molecule has 1 aromatic carbocycles. The Morgan fingerprint density at radius 3 is 2.25 bits per heavy atom. The lowest BCUT2D eigenvalue weighted by Gasteiger charge is -2.34. The van der Waals surface area contributed by atoms with Crippen molar-refractivity contribution in [3.05, 3.63) is 58.9 Å². The van der Waals surface area contributed by atoms with Crippen molar-refractivity contribution in [2.75, 3.05) is 31.5 Å². The lowest BCUT2D eigenvalue weighted by Crippen LogP contribution is -2.50. The number of aromatic nitrogens is 1. The van der Waals surface area contributed by atoms with Crippen molar-refractivity contribution < 1.29 is 14.4 Å². The van der Waals surface area contributed by atoms with Crippen molar-refractivity contribution in [2.45, 2.75) is 20.8 Å². The summed E-state index contributed by atoms with van der Waals surface area (Å²) in [6.45, 7) is 7.51. The van der Waals surface area contributed by atoms with E-state index in [-0.39, 0.29) is 23.4 Å². The van der Waals surface area contributed by atoms with E-state index in [0.29, 0.717) is 37.4 Å². The number of benzene rings is 1. The van der Waals surface area contributed by atoms with Gasteiger partial charge in [0.05, 0.1) is 0 Å². The van der Waals surface area contributed by atoms with Gasteiger partial charge in [-0.05, 0) is 49.2 Å². The van der Waals surface area contributed by atoms with Crippen LogP contribution in [0.4, 0.5) is 5.69 Å². The van der Waals surface area contributed by atoms with E-state index < -0.39 is 0 Å². The quantitative estimate of drug-likeness (QED) is 0.885. The second-order valence-electron chi connectivity index (χ2n) is 6.98. The number of piperazine rings is 1. The predicted octanol–water partition coefficient (Wildman–Crippen LogP) is 2.26. The standard InChI is InChI=1S/C21H24N4O3/c1-14-4-5-18(12-15(14)2)23-20(27)19-13-17(6-7-22-19)21(28)25-10-8-24(9-11-25)16(3)26/h4-7,12-13H,8-11H2,1-3H3,(H,23,27). The fraction of sp³-hybridized carbons (Fsp3) is 0.333. The van der Waals surface area contributed by atoms with Crippen LogP contribution in [-0.2, 0) is 4.79 Å². The van der Waals surface area contributed by atoms with Crippen LogP contribution in [0.2, 0.25) is 0 Å². The van der Waals surface area contributed by atoms with Crippen LogP contribution in [0.25, 0.3) is 0 Å². The molecule has 0 saturated carbocycles. The molecule has 1 aliphatic rings. The number of hydrogen-bond donors (Lipinski definition) is 1. The van der Waals surface area contributed by atoms with Crippen molar-refractivity contribution in [1.29, 1.82) is 0 Å². The summed E-state index contributed by atoms with van der Waals surface area (Å²) in [5, 5.41) is 2.82. The average molecular weight is 380 g/mol. The molecule has 28 heavy (non-hydrogen) atoms. The molecule has 0 bridgehead atoms. The number of hydrogen-bond acceptors (Lipinski definition) is 4. The molecular formula is C21H24N4O3. The summed E-state index contributed by atoms with van der Waals surface area (Å²) >= 11 is 0. The molecule has 2 heterocycles. The summed E-state index contributed by atoms with van der Waals surface area (Å²) in [5.41, 5.74) is 3.52.